The van der Waals surface area contributed by atoms with Crippen LogP contribution in [-0.2, 0) is 24.6 Å². The number of hydrogen-bond donors (Lipinski definition) is 0. The first kappa shape index (κ1) is 13.6. The Labute approximate surface area is 128 Å². The van der Waals surface area contributed by atoms with E-state index in [-0.39, 0.29) is 18.0 Å². The Morgan fingerprint density at radius 2 is 2.09 bits per heavy atom. The number of hydrogen-bond acceptors (Lipinski definition) is 4. The van der Waals surface area contributed by atoms with E-state index in [2.05, 4.69) is 5.10 Å². The number of carbonyl (C=O) groups is 2. The number of ether oxygens (including phenoxy) is 1. The summed E-state index contributed by atoms with van der Waals surface area (Å²) in [6, 6.07) is -0.00532. The van der Waals surface area contributed by atoms with Crippen molar-refractivity contribution in [1.29, 1.82) is 0 Å². The maximum absolute atomic E-state index is 12.9. The van der Waals surface area contributed by atoms with Gasteiger partial charge in [0.05, 0.1) is 11.7 Å². The van der Waals surface area contributed by atoms with E-state index in [9.17, 15) is 9.59 Å². The lowest BCUT2D eigenvalue weighted by Gasteiger charge is -2.35. The van der Waals surface area contributed by atoms with E-state index in [1.165, 1.54) is 0 Å². The molecule has 22 heavy (non-hydrogen) atoms. The van der Waals surface area contributed by atoms with Gasteiger partial charge in [-0.2, -0.15) is 5.10 Å². The summed E-state index contributed by atoms with van der Waals surface area (Å²) < 4.78 is 6.80. The lowest BCUT2D eigenvalue weighted by Crippen LogP contribution is -2.54. The number of cyclic esters (lactones) is 1. The van der Waals surface area contributed by atoms with Gasteiger partial charge in [-0.25, -0.2) is 4.79 Å². The van der Waals surface area contributed by atoms with Gasteiger partial charge < -0.3 is 9.64 Å². The molecule has 0 bridgehead atoms. The van der Waals surface area contributed by atoms with Crippen molar-refractivity contribution in [3.05, 3.63) is 17.0 Å². The second kappa shape index (κ2) is 5.00. The Kier molecular flexibility index (Phi) is 3.09. The molecule has 0 aromatic carbocycles. The molecule has 2 amide bonds. The van der Waals surface area contributed by atoms with Gasteiger partial charge in [0, 0.05) is 32.2 Å². The summed E-state index contributed by atoms with van der Waals surface area (Å²) in [5.41, 5.74) is 2.93. The van der Waals surface area contributed by atoms with Crippen molar-refractivity contribution in [1.82, 2.24) is 19.6 Å². The number of rotatable bonds is 1. The third kappa shape index (κ3) is 1.99. The topological polar surface area (TPSA) is 67.7 Å². The highest BCUT2D eigenvalue weighted by atomic mass is 16.6. The molecule has 1 atom stereocenters. The van der Waals surface area contributed by atoms with Gasteiger partial charge in [-0.1, -0.05) is 0 Å². The molecule has 0 radical (unpaired) electrons. The minimum atomic E-state index is -0.255. The van der Waals surface area contributed by atoms with E-state index in [4.69, 9.17) is 4.74 Å². The number of carbonyl (C=O) groups excluding carboxylic acids is 2. The van der Waals surface area contributed by atoms with Gasteiger partial charge in [-0.15, -0.1) is 0 Å². The molecular weight excluding hydrogens is 284 g/mol. The fourth-order valence-corrected chi connectivity index (χ4v) is 3.77. The Morgan fingerprint density at radius 3 is 2.95 bits per heavy atom. The molecule has 118 valence electrons. The number of nitrogens with zero attached hydrogens (tertiary/aromatic N) is 4. The first-order valence-corrected chi connectivity index (χ1v) is 7.92. The van der Waals surface area contributed by atoms with Crippen LogP contribution in [0.1, 0.15) is 34.6 Å². The van der Waals surface area contributed by atoms with Crippen LogP contribution in [0.25, 0.3) is 0 Å². The van der Waals surface area contributed by atoms with Crippen LogP contribution in [-0.4, -0.2) is 63.9 Å². The lowest BCUT2D eigenvalue weighted by molar-refractivity contribution is 0.0605. The normalized spacial score (nSPS) is 24.0. The summed E-state index contributed by atoms with van der Waals surface area (Å²) in [5, 5.41) is 4.53. The average Bonchev–Trinajstić information content (AvgIpc) is 3.06. The molecule has 2 saturated heterocycles. The van der Waals surface area contributed by atoms with Crippen LogP contribution in [0, 0.1) is 0 Å². The van der Waals surface area contributed by atoms with Crippen molar-refractivity contribution < 1.29 is 14.3 Å². The largest absolute Gasteiger partial charge is 0.447 e. The van der Waals surface area contributed by atoms with Crippen molar-refractivity contribution >= 4 is 12.0 Å². The van der Waals surface area contributed by atoms with Crippen molar-refractivity contribution in [3.63, 3.8) is 0 Å². The predicted molar refractivity (Wildman–Crippen MR) is 77.6 cm³/mol. The summed E-state index contributed by atoms with van der Waals surface area (Å²) in [6.07, 6.45) is 3.93. The third-order valence-electron chi connectivity index (χ3n) is 4.93. The smallest absolute Gasteiger partial charge is 0.410 e. The zero-order valence-corrected chi connectivity index (χ0v) is 12.7. The van der Waals surface area contributed by atoms with Gasteiger partial charge >= 0.3 is 6.09 Å². The van der Waals surface area contributed by atoms with E-state index in [1.807, 2.05) is 11.9 Å². The number of piperazine rings is 1. The number of amides is 2. The molecule has 2 aliphatic heterocycles. The predicted octanol–water partition coefficient (Wildman–Crippen LogP) is 0.575. The zero-order valence-electron chi connectivity index (χ0n) is 12.7. The first-order chi connectivity index (χ1) is 10.6. The van der Waals surface area contributed by atoms with E-state index in [1.54, 1.807) is 9.58 Å². The molecule has 1 aromatic rings. The molecule has 4 rings (SSSR count). The van der Waals surface area contributed by atoms with Crippen LogP contribution in [0.5, 0.6) is 0 Å². The molecule has 1 aromatic heterocycles. The number of fused-ring (bicyclic) bond motifs is 2. The minimum absolute atomic E-state index is 0.00532. The van der Waals surface area contributed by atoms with Crippen molar-refractivity contribution in [3.8, 4) is 0 Å². The van der Waals surface area contributed by atoms with Crippen molar-refractivity contribution in [2.75, 3.05) is 26.2 Å². The highest BCUT2D eigenvalue weighted by molar-refractivity contribution is 5.94. The second-order valence-electron chi connectivity index (χ2n) is 6.28. The number of aromatic nitrogens is 2. The molecule has 0 saturated carbocycles. The van der Waals surface area contributed by atoms with Gasteiger partial charge in [-0.05, 0) is 25.7 Å². The Balaban J connectivity index is 1.58. The monoisotopic (exact) mass is 304 g/mol. The quantitative estimate of drug-likeness (QED) is 0.761. The Morgan fingerprint density at radius 1 is 1.27 bits per heavy atom. The van der Waals surface area contributed by atoms with E-state index >= 15 is 0 Å². The van der Waals surface area contributed by atoms with Gasteiger partial charge in [0.1, 0.15) is 12.3 Å². The molecule has 3 heterocycles. The standard InChI is InChI=1S/C15H20N4O3/c1-17-13(11-4-2-3-5-12(11)16-17)14(20)18-6-7-19-10(8-18)9-22-15(19)21/h10H,2-9H2,1H3. The highest BCUT2D eigenvalue weighted by Gasteiger charge is 2.40. The summed E-state index contributed by atoms with van der Waals surface area (Å²) >= 11 is 0. The van der Waals surface area contributed by atoms with Gasteiger partial charge in [0.25, 0.3) is 5.91 Å². The zero-order chi connectivity index (χ0) is 15.3. The van der Waals surface area contributed by atoms with Crippen LogP contribution in [0.2, 0.25) is 0 Å². The molecular formula is C15H20N4O3. The average molecular weight is 304 g/mol. The summed E-state index contributed by atoms with van der Waals surface area (Å²) in [7, 11) is 1.85. The maximum atomic E-state index is 12.9. The molecule has 1 unspecified atom stereocenters. The maximum Gasteiger partial charge on any atom is 0.410 e. The minimum Gasteiger partial charge on any atom is -0.447 e. The van der Waals surface area contributed by atoms with Gasteiger partial charge in [0.15, 0.2) is 0 Å². The van der Waals surface area contributed by atoms with E-state index < -0.39 is 0 Å². The van der Waals surface area contributed by atoms with Crippen molar-refractivity contribution in [2.24, 2.45) is 7.05 Å². The molecule has 7 nitrogen and oxygen atoms in total. The number of aryl methyl sites for hydroxylation is 2. The third-order valence-corrected chi connectivity index (χ3v) is 4.93. The summed E-state index contributed by atoms with van der Waals surface area (Å²) in [6.45, 7) is 2.04. The van der Waals surface area contributed by atoms with Crippen LogP contribution in [0.4, 0.5) is 4.79 Å². The Hall–Kier alpha value is -2.05. The van der Waals surface area contributed by atoms with Gasteiger partial charge in [0.2, 0.25) is 0 Å². The van der Waals surface area contributed by atoms with E-state index in [0.29, 0.717) is 26.2 Å². The fourth-order valence-electron chi connectivity index (χ4n) is 3.77. The summed E-state index contributed by atoms with van der Waals surface area (Å²) in [4.78, 5) is 28.1. The summed E-state index contributed by atoms with van der Waals surface area (Å²) in [5.74, 6) is 0.0390. The van der Waals surface area contributed by atoms with Crippen LogP contribution < -0.4 is 0 Å². The van der Waals surface area contributed by atoms with E-state index in [0.717, 1.165) is 42.6 Å². The van der Waals surface area contributed by atoms with Gasteiger partial charge in [-0.3, -0.25) is 14.4 Å². The molecule has 7 heteroatoms. The molecule has 0 spiro atoms. The van der Waals surface area contributed by atoms with Crippen molar-refractivity contribution in [2.45, 2.75) is 31.7 Å². The molecule has 1 aliphatic carbocycles. The SMILES string of the molecule is Cn1nc2c(c1C(=O)N1CCN3C(=O)OCC3C1)CCCC2. The van der Waals surface area contributed by atoms with Crippen LogP contribution in [0.3, 0.4) is 0 Å². The molecule has 2 fully saturated rings. The molecule has 0 N–H and O–H groups in total. The first-order valence-electron chi connectivity index (χ1n) is 7.92. The van der Waals surface area contributed by atoms with Crippen LogP contribution >= 0.6 is 0 Å². The van der Waals surface area contributed by atoms with Crippen LogP contribution in [0.15, 0.2) is 0 Å². The second-order valence-corrected chi connectivity index (χ2v) is 6.28. The Bertz CT molecular complexity index is 639. The highest BCUT2D eigenvalue weighted by Crippen LogP contribution is 2.26. The lowest BCUT2D eigenvalue weighted by atomic mass is 9.95. The molecule has 3 aliphatic rings. The fraction of sp³-hybridized carbons (Fsp3) is 0.667.